The third kappa shape index (κ3) is 4.26. The number of piperidine rings is 3. The monoisotopic (exact) mass is 424 g/mol. The molecule has 7 heteroatoms. The summed E-state index contributed by atoms with van der Waals surface area (Å²) < 4.78 is 0. The maximum Gasteiger partial charge on any atom is 0.255 e. The van der Waals surface area contributed by atoms with Gasteiger partial charge in [0.1, 0.15) is 6.04 Å². The molecule has 166 valence electrons. The van der Waals surface area contributed by atoms with Gasteiger partial charge in [0.05, 0.1) is 0 Å². The van der Waals surface area contributed by atoms with Crippen LogP contribution in [0.5, 0.6) is 0 Å². The summed E-state index contributed by atoms with van der Waals surface area (Å²) in [4.78, 5) is 40.8. The summed E-state index contributed by atoms with van der Waals surface area (Å²) in [5.41, 5.74) is 2.84. The van der Waals surface area contributed by atoms with Gasteiger partial charge in [-0.25, -0.2) is 0 Å². The number of fused-ring (bicyclic) bond motifs is 1. The molecular formula is C24H32N4O3. The average Bonchev–Trinajstić information content (AvgIpc) is 3.11. The van der Waals surface area contributed by atoms with Gasteiger partial charge in [0, 0.05) is 31.1 Å². The fourth-order valence-electron chi connectivity index (χ4n) is 5.75. The first kappa shape index (κ1) is 20.6. The van der Waals surface area contributed by atoms with Crippen molar-refractivity contribution in [3.63, 3.8) is 0 Å². The zero-order valence-corrected chi connectivity index (χ0v) is 18.1. The fraction of sp³-hybridized carbons (Fsp3) is 0.625. The van der Waals surface area contributed by atoms with Crippen LogP contribution in [0.4, 0.5) is 0 Å². The number of nitrogens with one attached hydrogen (secondary N) is 2. The molecule has 3 amide bonds. The third-order valence-corrected chi connectivity index (χ3v) is 7.55. The number of likely N-dealkylation sites (tertiary alicyclic amines) is 1. The van der Waals surface area contributed by atoms with Crippen molar-refractivity contribution < 1.29 is 14.4 Å². The molecule has 0 spiro atoms. The lowest BCUT2D eigenvalue weighted by Crippen LogP contribution is -2.52. The van der Waals surface area contributed by atoms with Crippen LogP contribution in [0.15, 0.2) is 18.2 Å². The van der Waals surface area contributed by atoms with Crippen LogP contribution in [-0.2, 0) is 22.7 Å². The Kier molecular flexibility index (Phi) is 5.80. The molecule has 1 aromatic carbocycles. The number of carbonyl (C=O) groups is 3. The van der Waals surface area contributed by atoms with E-state index in [1.807, 2.05) is 12.1 Å². The molecule has 31 heavy (non-hydrogen) atoms. The molecule has 3 fully saturated rings. The highest BCUT2D eigenvalue weighted by molar-refractivity contribution is 6.05. The molecule has 0 radical (unpaired) electrons. The van der Waals surface area contributed by atoms with E-state index in [2.05, 4.69) is 21.6 Å². The number of carbonyl (C=O) groups excluding carboxylic acids is 3. The van der Waals surface area contributed by atoms with Crippen molar-refractivity contribution in [2.75, 3.05) is 19.6 Å². The summed E-state index contributed by atoms with van der Waals surface area (Å²) in [7, 11) is 0. The van der Waals surface area contributed by atoms with Gasteiger partial charge in [0.2, 0.25) is 11.8 Å². The molecule has 5 rings (SSSR count). The molecule has 7 nitrogen and oxygen atoms in total. The third-order valence-electron chi connectivity index (χ3n) is 7.55. The Morgan fingerprint density at radius 3 is 2.58 bits per heavy atom. The van der Waals surface area contributed by atoms with E-state index in [-0.39, 0.29) is 24.1 Å². The summed E-state index contributed by atoms with van der Waals surface area (Å²) in [6.07, 6.45) is 7.16. The smallest absolute Gasteiger partial charge is 0.255 e. The molecule has 0 aromatic heterocycles. The van der Waals surface area contributed by atoms with Crippen LogP contribution in [0.2, 0.25) is 0 Å². The summed E-state index contributed by atoms with van der Waals surface area (Å²) >= 11 is 0. The van der Waals surface area contributed by atoms with Crippen LogP contribution in [-0.4, -0.2) is 59.2 Å². The molecule has 4 aliphatic rings. The lowest BCUT2D eigenvalue weighted by atomic mass is 9.85. The second kappa shape index (κ2) is 8.71. The Morgan fingerprint density at radius 2 is 1.84 bits per heavy atom. The topological polar surface area (TPSA) is 81.8 Å². The normalized spacial score (nSPS) is 28.0. The Hall–Kier alpha value is -2.25. The molecule has 0 bridgehead atoms. The molecule has 1 aromatic rings. The number of rotatable bonds is 4. The Labute approximate surface area is 183 Å². The van der Waals surface area contributed by atoms with Crippen molar-refractivity contribution in [2.24, 2.45) is 5.92 Å². The van der Waals surface area contributed by atoms with Crippen LogP contribution in [0.3, 0.4) is 0 Å². The lowest BCUT2D eigenvalue weighted by molar-refractivity contribution is -0.136. The van der Waals surface area contributed by atoms with Gasteiger partial charge < -0.3 is 10.2 Å². The number of hydrogen-bond acceptors (Lipinski definition) is 5. The zero-order chi connectivity index (χ0) is 21.4. The highest BCUT2D eigenvalue weighted by Crippen LogP contribution is 2.30. The minimum atomic E-state index is -0.548. The predicted molar refractivity (Wildman–Crippen MR) is 116 cm³/mol. The zero-order valence-electron chi connectivity index (χ0n) is 18.1. The van der Waals surface area contributed by atoms with Gasteiger partial charge in [-0.05, 0) is 74.8 Å². The fourth-order valence-corrected chi connectivity index (χ4v) is 5.75. The number of imide groups is 1. The van der Waals surface area contributed by atoms with Gasteiger partial charge in [-0.1, -0.05) is 18.6 Å². The summed E-state index contributed by atoms with van der Waals surface area (Å²) in [5, 5.41) is 6.08. The molecule has 4 aliphatic heterocycles. The van der Waals surface area contributed by atoms with Crippen LogP contribution >= 0.6 is 0 Å². The van der Waals surface area contributed by atoms with Gasteiger partial charge in [-0.2, -0.15) is 0 Å². The first-order valence-electron chi connectivity index (χ1n) is 11.8. The van der Waals surface area contributed by atoms with Gasteiger partial charge >= 0.3 is 0 Å². The van der Waals surface area contributed by atoms with Crippen molar-refractivity contribution in [3.05, 3.63) is 34.9 Å². The standard InChI is InChI=1S/C24H32N4O3/c29-22-7-6-21(23(30)26-22)28-15-18-5-4-16(13-19(18)24(28)31)14-27-11-8-17(9-12-27)20-3-1-2-10-25-20/h4-5,13,17,20-21,25H,1-3,6-12,14-15H2,(H,26,29,30). The highest BCUT2D eigenvalue weighted by Gasteiger charge is 2.39. The maximum absolute atomic E-state index is 13.0. The molecule has 2 N–H and O–H groups in total. The van der Waals surface area contributed by atoms with Crippen molar-refractivity contribution in [1.29, 1.82) is 0 Å². The average molecular weight is 425 g/mol. The number of amides is 3. The quantitative estimate of drug-likeness (QED) is 0.721. The Balaban J connectivity index is 1.19. The van der Waals surface area contributed by atoms with E-state index in [0.717, 1.165) is 36.7 Å². The van der Waals surface area contributed by atoms with E-state index in [4.69, 9.17) is 0 Å². The van der Waals surface area contributed by atoms with E-state index in [9.17, 15) is 14.4 Å². The van der Waals surface area contributed by atoms with Gasteiger partial charge in [-0.3, -0.25) is 24.6 Å². The van der Waals surface area contributed by atoms with E-state index >= 15 is 0 Å². The molecule has 2 unspecified atom stereocenters. The summed E-state index contributed by atoms with van der Waals surface area (Å²) in [6, 6.07) is 6.32. The minimum absolute atomic E-state index is 0.0894. The Bertz CT molecular complexity index is 872. The van der Waals surface area contributed by atoms with Crippen molar-refractivity contribution >= 4 is 17.7 Å². The lowest BCUT2D eigenvalue weighted by Gasteiger charge is -2.38. The molecule has 0 aliphatic carbocycles. The second-order valence-electron chi connectivity index (χ2n) is 9.56. The predicted octanol–water partition coefficient (Wildman–Crippen LogP) is 1.80. The van der Waals surface area contributed by atoms with Gasteiger partial charge in [0.25, 0.3) is 5.91 Å². The second-order valence-corrected chi connectivity index (χ2v) is 9.56. The van der Waals surface area contributed by atoms with Crippen LogP contribution in [0.25, 0.3) is 0 Å². The van der Waals surface area contributed by atoms with Gasteiger partial charge in [-0.15, -0.1) is 0 Å². The number of nitrogens with zero attached hydrogens (tertiary/aromatic N) is 2. The first-order chi connectivity index (χ1) is 15.1. The Morgan fingerprint density at radius 1 is 1.00 bits per heavy atom. The summed E-state index contributed by atoms with van der Waals surface area (Å²) in [6.45, 7) is 4.70. The van der Waals surface area contributed by atoms with Crippen molar-refractivity contribution in [1.82, 2.24) is 20.4 Å². The summed E-state index contributed by atoms with van der Waals surface area (Å²) in [5.74, 6) is 0.0948. The number of benzene rings is 1. The first-order valence-corrected chi connectivity index (χ1v) is 11.8. The SMILES string of the molecule is O=C1CCC(N2Cc3ccc(CN4CCC(C5CCCCN5)CC4)cc3C2=O)C(=O)N1. The van der Waals surface area contributed by atoms with E-state index in [1.54, 1.807) is 4.90 Å². The van der Waals surface area contributed by atoms with Crippen LogP contribution < -0.4 is 10.6 Å². The molecular weight excluding hydrogens is 392 g/mol. The van der Waals surface area contributed by atoms with Crippen LogP contribution in [0, 0.1) is 5.92 Å². The van der Waals surface area contributed by atoms with Gasteiger partial charge in [0.15, 0.2) is 0 Å². The highest BCUT2D eigenvalue weighted by atomic mass is 16.2. The molecule has 4 heterocycles. The maximum atomic E-state index is 13.0. The van der Waals surface area contributed by atoms with Crippen molar-refractivity contribution in [3.8, 4) is 0 Å². The number of hydrogen-bond donors (Lipinski definition) is 2. The largest absolute Gasteiger partial charge is 0.322 e. The molecule has 0 saturated carbocycles. The molecule has 3 saturated heterocycles. The minimum Gasteiger partial charge on any atom is -0.322 e. The molecule has 2 atom stereocenters. The van der Waals surface area contributed by atoms with E-state index < -0.39 is 6.04 Å². The van der Waals surface area contributed by atoms with E-state index in [0.29, 0.717) is 24.6 Å². The van der Waals surface area contributed by atoms with Crippen LogP contribution in [0.1, 0.15) is 66.4 Å². The van der Waals surface area contributed by atoms with E-state index in [1.165, 1.54) is 38.6 Å². The van der Waals surface area contributed by atoms with Crippen molar-refractivity contribution in [2.45, 2.75) is 70.1 Å².